The molecular formula is C21H26ClN5O2. The summed E-state index contributed by atoms with van der Waals surface area (Å²) in [7, 11) is 3.59. The van der Waals surface area contributed by atoms with Crippen LogP contribution in [0.25, 0.3) is 0 Å². The number of likely N-dealkylation sites (N-methyl/N-ethyl adjacent to an activating group) is 1. The lowest BCUT2D eigenvalue weighted by Gasteiger charge is -2.40. The molecule has 3 heterocycles. The maximum absolute atomic E-state index is 13.3. The average Bonchev–Trinajstić information content (AvgIpc) is 3.06. The Labute approximate surface area is 175 Å². The highest BCUT2D eigenvalue weighted by atomic mass is 35.5. The second-order valence-corrected chi connectivity index (χ2v) is 8.36. The van der Waals surface area contributed by atoms with E-state index in [1.54, 1.807) is 16.6 Å². The van der Waals surface area contributed by atoms with Gasteiger partial charge in [-0.15, -0.1) is 0 Å². The summed E-state index contributed by atoms with van der Waals surface area (Å²) in [6, 6.07) is 9.44. The van der Waals surface area contributed by atoms with Gasteiger partial charge in [0.2, 0.25) is 0 Å². The van der Waals surface area contributed by atoms with Gasteiger partial charge in [0.15, 0.2) is 0 Å². The topological polar surface area (TPSA) is 61.7 Å². The van der Waals surface area contributed by atoms with E-state index in [1.807, 2.05) is 44.3 Å². The number of urea groups is 1. The smallest absolute Gasteiger partial charge is 0.312 e. The van der Waals surface area contributed by atoms with Crippen LogP contribution in [0.15, 0.2) is 30.3 Å². The first-order valence-corrected chi connectivity index (χ1v) is 10.3. The first-order chi connectivity index (χ1) is 13.8. The molecule has 2 saturated heterocycles. The fourth-order valence-electron chi connectivity index (χ4n) is 4.46. The third-order valence-electron chi connectivity index (χ3n) is 6.32. The van der Waals surface area contributed by atoms with E-state index in [9.17, 15) is 9.59 Å². The van der Waals surface area contributed by atoms with E-state index in [4.69, 9.17) is 11.6 Å². The Kier molecular flexibility index (Phi) is 5.12. The zero-order chi connectivity index (χ0) is 20.8. The first-order valence-electron chi connectivity index (χ1n) is 9.87. The van der Waals surface area contributed by atoms with E-state index in [-0.39, 0.29) is 11.9 Å². The van der Waals surface area contributed by atoms with Crippen LogP contribution < -0.4 is 0 Å². The molecule has 0 N–H and O–H groups in total. The first kappa shape index (κ1) is 19.9. The second kappa shape index (κ2) is 7.46. The Balaban J connectivity index is 1.47. The number of aryl methyl sites for hydroxylation is 2. The van der Waals surface area contributed by atoms with Gasteiger partial charge in [-0.05, 0) is 25.3 Å². The summed E-state index contributed by atoms with van der Waals surface area (Å²) in [6.07, 6.45) is 1.24. The number of halogens is 1. The third kappa shape index (κ3) is 3.32. The molecule has 0 bridgehead atoms. The van der Waals surface area contributed by atoms with Gasteiger partial charge < -0.3 is 4.90 Å². The van der Waals surface area contributed by atoms with Gasteiger partial charge in [0, 0.05) is 39.3 Å². The molecule has 1 spiro atoms. The Morgan fingerprint density at radius 3 is 2.31 bits per heavy atom. The van der Waals surface area contributed by atoms with Crippen molar-refractivity contribution in [3.63, 3.8) is 0 Å². The average molecular weight is 416 g/mol. The Hall–Kier alpha value is -2.38. The van der Waals surface area contributed by atoms with Crippen LogP contribution in [0.2, 0.25) is 5.15 Å². The molecule has 2 aromatic rings. The Morgan fingerprint density at radius 1 is 1.07 bits per heavy atom. The third-order valence-corrected chi connectivity index (χ3v) is 6.79. The standard InChI is InChI=1S/C21H26ClN5O2/c1-15-17(18(22)25(3)23-15)14-26-11-9-21(10-12-26)19(28)27(20(29)24(21)2)13-16-7-5-4-6-8-16/h4-8H,9-14H2,1-3H3. The lowest BCUT2D eigenvalue weighted by Crippen LogP contribution is -2.55. The summed E-state index contributed by atoms with van der Waals surface area (Å²) in [5.74, 6) is -0.0795. The van der Waals surface area contributed by atoms with E-state index in [0.717, 1.165) is 29.9 Å². The maximum Gasteiger partial charge on any atom is 0.327 e. The summed E-state index contributed by atoms with van der Waals surface area (Å²) < 4.78 is 1.69. The zero-order valence-corrected chi connectivity index (χ0v) is 17.8. The molecule has 3 amide bonds. The van der Waals surface area contributed by atoms with Crippen molar-refractivity contribution in [2.24, 2.45) is 7.05 Å². The van der Waals surface area contributed by atoms with Crippen molar-refractivity contribution in [3.8, 4) is 0 Å². The molecule has 0 atom stereocenters. The number of rotatable bonds is 4. The van der Waals surface area contributed by atoms with E-state index >= 15 is 0 Å². The summed E-state index contributed by atoms with van der Waals surface area (Å²) in [4.78, 5) is 31.5. The second-order valence-electron chi connectivity index (χ2n) is 8.00. The van der Waals surface area contributed by atoms with Gasteiger partial charge in [0.25, 0.3) is 5.91 Å². The van der Waals surface area contributed by atoms with Crippen LogP contribution in [-0.4, -0.2) is 62.1 Å². The van der Waals surface area contributed by atoms with E-state index in [2.05, 4.69) is 10.00 Å². The highest BCUT2D eigenvalue weighted by Gasteiger charge is 2.56. The fourth-order valence-corrected chi connectivity index (χ4v) is 4.69. The molecule has 0 aliphatic carbocycles. The number of hydrogen-bond acceptors (Lipinski definition) is 4. The molecule has 154 valence electrons. The van der Waals surface area contributed by atoms with Gasteiger partial charge in [-0.25, -0.2) is 4.79 Å². The Bertz CT molecular complexity index is 934. The van der Waals surface area contributed by atoms with Crippen molar-refractivity contribution in [2.45, 2.75) is 38.4 Å². The predicted octanol–water partition coefficient (Wildman–Crippen LogP) is 2.81. The summed E-state index contributed by atoms with van der Waals surface area (Å²) in [5, 5.41) is 5.03. The number of imide groups is 1. The minimum absolute atomic E-state index is 0.0795. The van der Waals surface area contributed by atoms with Crippen LogP contribution in [0.5, 0.6) is 0 Å². The molecule has 8 heteroatoms. The minimum Gasteiger partial charge on any atom is -0.312 e. The molecule has 7 nitrogen and oxygen atoms in total. The number of amides is 3. The summed E-state index contributed by atoms with van der Waals surface area (Å²) in [5.41, 5.74) is 2.17. The van der Waals surface area contributed by atoms with Crippen molar-refractivity contribution in [2.75, 3.05) is 20.1 Å². The lowest BCUT2D eigenvalue weighted by atomic mass is 9.86. The number of hydrogen-bond donors (Lipinski definition) is 0. The number of aromatic nitrogens is 2. The Morgan fingerprint density at radius 2 is 1.72 bits per heavy atom. The number of benzene rings is 1. The van der Waals surface area contributed by atoms with Gasteiger partial charge in [0.1, 0.15) is 10.7 Å². The number of nitrogens with zero attached hydrogens (tertiary/aromatic N) is 5. The van der Waals surface area contributed by atoms with Gasteiger partial charge in [-0.1, -0.05) is 41.9 Å². The van der Waals surface area contributed by atoms with Gasteiger partial charge in [0.05, 0.1) is 12.2 Å². The number of carbonyl (C=O) groups is 2. The summed E-state index contributed by atoms with van der Waals surface area (Å²) >= 11 is 6.38. The van der Waals surface area contributed by atoms with Crippen LogP contribution in [0.4, 0.5) is 4.79 Å². The van der Waals surface area contributed by atoms with Crippen LogP contribution >= 0.6 is 11.6 Å². The van der Waals surface area contributed by atoms with Crippen molar-refractivity contribution in [1.29, 1.82) is 0 Å². The summed E-state index contributed by atoms with van der Waals surface area (Å²) in [6.45, 7) is 4.44. The largest absolute Gasteiger partial charge is 0.327 e. The molecule has 4 rings (SSSR count). The van der Waals surface area contributed by atoms with Gasteiger partial charge in [-0.2, -0.15) is 5.10 Å². The monoisotopic (exact) mass is 415 g/mol. The van der Waals surface area contributed by atoms with E-state index < -0.39 is 5.54 Å². The number of piperidine rings is 1. The van der Waals surface area contributed by atoms with Crippen molar-refractivity contribution >= 4 is 23.5 Å². The lowest BCUT2D eigenvalue weighted by molar-refractivity contribution is -0.135. The molecule has 0 radical (unpaired) electrons. The zero-order valence-electron chi connectivity index (χ0n) is 17.1. The molecule has 2 aliphatic heterocycles. The molecule has 0 saturated carbocycles. The van der Waals surface area contributed by atoms with E-state index in [1.165, 1.54) is 4.90 Å². The molecule has 2 fully saturated rings. The van der Waals surface area contributed by atoms with Crippen LogP contribution in [0.1, 0.15) is 29.7 Å². The van der Waals surface area contributed by atoms with Crippen molar-refractivity contribution < 1.29 is 9.59 Å². The van der Waals surface area contributed by atoms with Crippen LogP contribution in [0, 0.1) is 6.92 Å². The molecule has 1 aromatic carbocycles. The molecule has 29 heavy (non-hydrogen) atoms. The minimum atomic E-state index is -0.740. The van der Waals surface area contributed by atoms with Crippen molar-refractivity contribution in [3.05, 3.63) is 52.3 Å². The molecular weight excluding hydrogens is 390 g/mol. The SMILES string of the molecule is Cc1nn(C)c(Cl)c1CN1CCC2(CC1)C(=O)N(Cc1ccccc1)C(=O)N2C. The van der Waals surface area contributed by atoms with Crippen LogP contribution in [-0.2, 0) is 24.9 Å². The highest BCUT2D eigenvalue weighted by Crippen LogP contribution is 2.37. The molecule has 2 aliphatic rings. The quantitative estimate of drug-likeness (QED) is 0.720. The maximum atomic E-state index is 13.3. The fraction of sp³-hybridized carbons (Fsp3) is 0.476. The van der Waals surface area contributed by atoms with Crippen molar-refractivity contribution in [1.82, 2.24) is 24.5 Å². The van der Waals surface area contributed by atoms with Gasteiger partial charge in [-0.3, -0.25) is 19.3 Å². The van der Waals surface area contributed by atoms with Crippen LogP contribution in [0.3, 0.4) is 0 Å². The number of likely N-dealkylation sites (tertiary alicyclic amines) is 1. The molecule has 1 aromatic heterocycles. The number of carbonyl (C=O) groups excluding carboxylic acids is 2. The normalized spacial score (nSPS) is 19.6. The van der Waals surface area contributed by atoms with E-state index in [0.29, 0.717) is 31.1 Å². The highest BCUT2D eigenvalue weighted by molar-refractivity contribution is 6.30. The predicted molar refractivity (Wildman–Crippen MR) is 110 cm³/mol. The van der Waals surface area contributed by atoms with Gasteiger partial charge >= 0.3 is 6.03 Å². The molecule has 0 unspecified atom stereocenters.